The number of ether oxygens (including phenoxy) is 1. The minimum Gasteiger partial charge on any atom is -0.481 e. The predicted molar refractivity (Wildman–Crippen MR) is 112 cm³/mol. The molecule has 1 aliphatic heterocycles. The molecular weight excluding hydrogens is 380 g/mol. The third-order valence-electron chi connectivity index (χ3n) is 4.85. The number of rotatable bonds is 4. The molecule has 8 nitrogen and oxygen atoms in total. The number of benzene rings is 1. The van der Waals surface area contributed by atoms with Gasteiger partial charge in [0.15, 0.2) is 0 Å². The van der Waals surface area contributed by atoms with Gasteiger partial charge in [0, 0.05) is 29.4 Å². The summed E-state index contributed by atoms with van der Waals surface area (Å²) in [7, 11) is 1.57. The van der Waals surface area contributed by atoms with Crippen molar-refractivity contribution >= 4 is 28.0 Å². The molecule has 8 heteroatoms. The molecule has 3 aromatic heterocycles. The summed E-state index contributed by atoms with van der Waals surface area (Å²) in [6.45, 7) is 0.0581. The minimum absolute atomic E-state index is 0.0581. The van der Waals surface area contributed by atoms with Crippen LogP contribution in [0.15, 0.2) is 67.3 Å². The molecule has 0 amide bonds. The molecule has 30 heavy (non-hydrogen) atoms. The normalized spacial score (nSPS) is 12.7. The molecule has 5 rings (SSSR count). The fourth-order valence-corrected chi connectivity index (χ4v) is 3.43. The van der Waals surface area contributed by atoms with Crippen molar-refractivity contribution in [2.75, 3.05) is 23.8 Å². The summed E-state index contributed by atoms with van der Waals surface area (Å²) in [4.78, 5) is 19.1. The van der Waals surface area contributed by atoms with Crippen LogP contribution in [0.25, 0.3) is 22.0 Å². The quantitative estimate of drug-likeness (QED) is 0.478. The lowest BCUT2D eigenvalue weighted by Gasteiger charge is -2.18. The molecule has 0 bridgehead atoms. The van der Waals surface area contributed by atoms with Crippen molar-refractivity contribution in [3.63, 3.8) is 0 Å². The van der Waals surface area contributed by atoms with E-state index in [0.29, 0.717) is 17.3 Å². The van der Waals surface area contributed by atoms with E-state index in [-0.39, 0.29) is 6.54 Å². The van der Waals surface area contributed by atoms with Gasteiger partial charge < -0.3 is 4.74 Å². The van der Waals surface area contributed by atoms with Gasteiger partial charge >= 0.3 is 0 Å². The number of nitrogens with zero attached hydrogens (tertiary/aromatic N) is 6. The largest absolute Gasteiger partial charge is 0.481 e. The van der Waals surface area contributed by atoms with Crippen LogP contribution in [0.5, 0.6) is 5.88 Å². The minimum atomic E-state index is 0.0581. The number of hydroxylamine groups is 1. The second-order valence-corrected chi connectivity index (χ2v) is 6.60. The Bertz CT molecular complexity index is 1250. The number of pyridine rings is 3. The number of anilines is 3. The molecule has 4 heterocycles. The molecular formula is C22H16N6O2. The van der Waals surface area contributed by atoms with Gasteiger partial charge in [-0.25, -0.2) is 10.0 Å². The second-order valence-electron chi connectivity index (χ2n) is 6.60. The van der Waals surface area contributed by atoms with Crippen LogP contribution >= 0.6 is 0 Å². The summed E-state index contributed by atoms with van der Waals surface area (Å²) < 4.78 is 5.16. The van der Waals surface area contributed by atoms with Gasteiger partial charge in [-0.05, 0) is 29.8 Å². The van der Waals surface area contributed by atoms with Gasteiger partial charge in [-0.2, -0.15) is 10.3 Å². The van der Waals surface area contributed by atoms with Crippen molar-refractivity contribution in [2.45, 2.75) is 0 Å². The molecule has 0 saturated carbocycles. The smallest absolute Gasteiger partial charge is 0.213 e. The Morgan fingerprint density at radius 1 is 1.07 bits per heavy atom. The average molecular weight is 396 g/mol. The van der Waals surface area contributed by atoms with Gasteiger partial charge in [0.1, 0.15) is 17.9 Å². The van der Waals surface area contributed by atoms with Crippen molar-refractivity contribution in [3.8, 4) is 23.1 Å². The highest BCUT2D eigenvalue weighted by atomic mass is 16.8. The van der Waals surface area contributed by atoms with E-state index in [1.54, 1.807) is 36.8 Å². The first-order valence-electron chi connectivity index (χ1n) is 9.24. The molecule has 1 aliphatic rings. The Labute approximate surface area is 172 Å². The lowest BCUT2D eigenvalue weighted by atomic mass is 10.0. The number of fused-ring (bicyclic) bond motifs is 3. The van der Waals surface area contributed by atoms with Crippen LogP contribution in [0.1, 0.15) is 0 Å². The zero-order chi connectivity index (χ0) is 20.5. The summed E-state index contributed by atoms with van der Waals surface area (Å²) in [5.41, 5.74) is 5.04. The van der Waals surface area contributed by atoms with Gasteiger partial charge in [0.05, 0.1) is 36.8 Å². The van der Waals surface area contributed by atoms with E-state index in [1.165, 1.54) is 5.06 Å². The number of methoxy groups -OCH3 is 1. The average Bonchev–Trinajstić information content (AvgIpc) is 3.18. The Hall–Kier alpha value is -4.22. The highest BCUT2D eigenvalue weighted by Crippen LogP contribution is 2.45. The van der Waals surface area contributed by atoms with Crippen molar-refractivity contribution in [1.82, 2.24) is 15.0 Å². The van der Waals surface area contributed by atoms with E-state index >= 15 is 0 Å². The Balaban J connectivity index is 1.70. The van der Waals surface area contributed by atoms with Crippen molar-refractivity contribution in [3.05, 3.63) is 67.3 Å². The van der Waals surface area contributed by atoms with Gasteiger partial charge in [-0.15, -0.1) is 4.94 Å². The van der Waals surface area contributed by atoms with E-state index in [0.717, 1.165) is 27.7 Å². The maximum absolute atomic E-state index is 9.24. The van der Waals surface area contributed by atoms with Crippen LogP contribution in [0.2, 0.25) is 0 Å². The first kappa shape index (κ1) is 17.8. The van der Waals surface area contributed by atoms with E-state index in [1.807, 2.05) is 36.5 Å². The molecule has 0 spiro atoms. The molecule has 0 aliphatic carbocycles. The van der Waals surface area contributed by atoms with Crippen LogP contribution < -0.4 is 14.9 Å². The van der Waals surface area contributed by atoms with Crippen LogP contribution in [0.3, 0.4) is 0 Å². The number of hydrogen-bond acceptors (Lipinski definition) is 8. The van der Waals surface area contributed by atoms with Crippen LogP contribution in [-0.2, 0) is 4.94 Å². The van der Waals surface area contributed by atoms with Crippen LogP contribution in [0.4, 0.5) is 17.1 Å². The summed E-state index contributed by atoms with van der Waals surface area (Å²) >= 11 is 0. The number of aromatic nitrogens is 3. The Kier molecular flexibility index (Phi) is 4.35. The molecule has 0 N–H and O–H groups in total. The van der Waals surface area contributed by atoms with Crippen LogP contribution in [-0.4, -0.2) is 28.6 Å². The van der Waals surface area contributed by atoms with Crippen LogP contribution in [0, 0.1) is 11.3 Å². The summed E-state index contributed by atoms with van der Waals surface area (Å²) in [6.07, 6.45) is 6.95. The number of hydrogen-bond donors (Lipinski definition) is 0. The summed E-state index contributed by atoms with van der Waals surface area (Å²) in [6, 6.07) is 15.7. The van der Waals surface area contributed by atoms with E-state index in [4.69, 9.17) is 9.68 Å². The fourth-order valence-electron chi connectivity index (χ4n) is 3.43. The maximum Gasteiger partial charge on any atom is 0.213 e. The molecule has 0 unspecified atom stereocenters. The molecule has 4 aromatic rings. The topological polar surface area (TPSA) is 87.4 Å². The van der Waals surface area contributed by atoms with Crippen molar-refractivity contribution in [1.29, 1.82) is 5.26 Å². The van der Waals surface area contributed by atoms with E-state index < -0.39 is 0 Å². The van der Waals surface area contributed by atoms with Gasteiger partial charge in [0.2, 0.25) is 5.88 Å². The standard InChI is InChI=1S/C22H16N6O2/c1-29-21-7-5-17(13-26-21)28-22-18-11-15(16-3-2-9-24-12-16)4-6-19(18)25-14-20(22)27(30-28)10-8-23/h2-7,9,11-14H,10H2,1H3. The zero-order valence-electron chi connectivity index (χ0n) is 16.1. The molecule has 0 atom stereocenters. The highest BCUT2D eigenvalue weighted by molar-refractivity contribution is 6.02. The molecule has 0 fully saturated rings. The lowest BCUT2D eigenvalue weighted by molar-refractivity contribution is 0.135. The van der Waals surface area contributed by atoms with E-state index in [2.05, 4.69) is 27.1 Å². The summed E-state index contributed by atoms with van der Waals surface area (Å²) in [5.74, 6) is 0.505. The Morgan fingerprint density at radius 2 is 2.00 bits per heavy atom. The van der Waals surface area contributed by atoms with Crippen molar-refractivity contribution in [2.24, 2.45) is 0 Å². The third-order valence-corrected chi connectivity index (χ3v) is 4.85. The zero-order valence-corrected chi connectivity index (χ0v) is 16.1. The monoisotopic (exact) mass is 396 g/mol. The fraction of sp³-hybridized carbons (Fsp3) is 0.0909. The molecule has 0 saturated heterocycles. The molecule has 1 aromatic carbocycles. The first-order valence-corrected chi connectivity index (χ1v) is 9.24. The van der Waals surface area contributed by atoms with Gasteiger partial charge in [0.25, 0.3) is 0 Å². The van der Waals surface area contributed by atoms with E-state index in [9.17, 15) is 5.26 Å². The molecule has 0 radical (unpaired) electrons. The maximum atomic E-state index is 9.24. The number of nitriles is 1. The lowest BCUT2D eigenvalue weighted by Crippen LogP contribution is -2.25. The highest BCUT2D eigenvalue weighted by Gasteiger charge is 2.32. The third kappa shape index (κ3) is 2.94. The summed E-state index contributed by atoms with van der Waals surface area (Å²) in [5, 5.41) is 13.3. The van der Waals surface area contributed by atoms with Gasteiger partial charge in [-0.1, -0.05) is 12.1 Å². The Morgan fingerprint density at radius 3 is 2.73 bits per heavy atom. The predicted octanol–water partition coefficient (Wildman–Crippen LogP) is 4.03. The second kappa shape index (κ2) is 7.31. The first-order chi connectivity index (χ1) is 14.8. The molecule has 146 valence electrons. The van der Waals surface area contributed by atoms with Crippen molar-refractivity contribution < 1.29 is 9.68 Å². The van der Waals surface area contributed by atoms with Gasteiger partial charge in [-0.3, -0.25) is 9.97 Å². The SMILES string of the molecule is COc1ccc(N2ON(CC#N)c3cnc4ccc(-c5cccnc5)cc4c32)cn1.